The first-order chi connectivity index (χ1) is 7.83. The van der Waals surface area contributed by atoms with Crippen molar-refractivity contribution in [3.05, 3.63) is 48.6 Å². The third-order valence-corrected chi connectivity index (χ3v) is 2.02. The molecule has 0 saturated heterocycles. The Morgan fingerprint density at radius 2 is 1.94 bits per heavy atom. The molecule has 1 aromatic rings. The van der Waals surface area contributed by atoms with Crippen LogP contribution >= 0.6 is 0 Å². The average molecular weight is 220 g/mol. The smallest absolute Gasteiger partial charge is 0.330 e. The molecule has 3 heteroatoms. The van der Waals surface area contributed by atoms with E-state index in [1.165, 1.54) is 5.56 Å². The van der Waals surface area contributed by atoms with Crippen LogP contribution in [0, 0.1) is 0 Å². The van der Waals surface area contributed by atoms with Crippen molar-refractivity contribution >= 4 is 5.97 Å². The van der Waals surface area contributed by atoms with E-state index in [-0.39, 0.29) is 6.61 Å². The largest absolute Gasteiger partial charge is 0.460 e. The van der Waals surface area contributed by atoms with Gasteiger partial charge in [0.05, 0.1) is 13.2 Å². The van der Waals surface area contributed by atoms with Gasteiger partial charge in [-0.05, 0) is 12.0 Å². The highest BCUT2D eigenvalue weighted by Gasteiger charge is 1.95. The Labute approximate surface area is 95.7 Å². The Kier molecular flexibility index (Phi) is 5.96. The van der Waals surface area contributed by atoms with Gasteiger partial charge in [0.2, 0.25) is 0 Å². The standard InChI is InChI=1S/C13H16O3/c1-2-13(14)16-11-10-15-9-8-12-6-4-3-5-7-12/h2-7H,1,8-11H2. The van der Waals surface area contributed by atoms with Gasteiger partial charge >= 0.3 is 5.97 Å². The second kappa shape index (κ2) is 7.65. The number of rotatable bonds is 7. The molecule has 16 heavy (non-hydrogen) atoms. The maximum atomic E-state index is 10.7. The van der Waals surface area contributed by atoms with Crippen LogP contribution in [-0.2, 0) is 20.7 Å². The molecule has 3 nitrogen and oxygen atoms in total. The minimum atomic E-state index is -0.411. The molecule has 0 saturated carbocycles. The summed E-state index contributed by atoms with van der Waals surface area (Å²) < 4.78 is 10.1. The van der Waals surface area contributed by atoms with Crippen LogP contribution in [0.4, 0.5) is 0 Å². The van der Waals surface area contributed by atoms with E-state index in [1.807, 2.05) is 18.2 Å². The van der Waals surface area contributed by atoms with Crippen LogP contribution in [0.25, 0.3) is 0 Å². The molecular formula is C13H16O3. The van der Waals surface area contributed by atoms with Crippen molar-refractivity contribution in [1.29, 1.82) is 0 Å². The van der Waals surface area contributed by atoms with Crippen molar-refractivity contribution in [1.82, 2.24) is 0 Å². The van der Waals surface area contributed by atoms with Gasteiger partial charge in [-0.25, -0.2) is 4.79 Å². The van der Waals surface area contributed by atoms with Crippen molar-refractivity contribution in [2.45, 2.75) is 6.42 Å². The van der Waals surface area contributed by atoms with Crippen LogP contribution in [0.15, 0.2) is 43.0 Å². The minimum absolute atomic E-state index is 0.277. The van der Waals surface area contributed by atoms with E-state index >= 15 is 0 Å². The Hall–Kier alpha value is -1.61. The first-order valence-electron chi connectivity index (χ1n) is 5.24. The molecule has 0 unspecified atom stereocenters. The lowest BCUT2D eigenvalue weighted by atomic mass is 10.2. The Morgan fingerprint density at radius 3 is 2.62 bits per heavy atom. The lowest BCUT2D eigenvalue weighted by Gasteiger charge is -2.04. The number of hydrogen-bond acceptors (Lipinski definition) is 3. The van der Waals surface area contributed by atoms with Gasteiger partial charge in [0, 0.05) is 6.08 Å². The number of carbonyl (C=O) groups excluding carboxylic acids is 1. The third-order valence-electron chi connectivity index (χ3n) is 2.02. The number of benzene rings is 1. The van der Waals surface area contributed by atoms with Gasteiger partial charge in [0.15, 0.2) is 0 Å². The van der Waals surface area contributed by atoms with Crippen molar-refractivity contribution in [2.75, 3.05) is 19.8 Å². The fourth-order valence-corrected chi connectivity index (χ4v) is 1.20. The predicted octanol–water partition coefficient (Wildman–Crippen LogP) is 1.97. The highest BCUT2D eigenvalue weighted by molar-refractivity contribution is 5.81. The summed E-state index contributed by atoms with van der Waals surface area (Å²) in [6, 6.07) is 10.1. The zero-order valence-corrected chi connectivity index (χ0v) is 9.22. The topological polar surface area (TPSA) is 35.5 Å². The van der Waals surface area contributed by atoms with Crippen LogP contribution in [0.3, 0.4) is 0 Å². The Bertz CT molecular complexity index is 319. The first-order valence-corrected chi connectivity index (χ1v) is 5.24. The first kappa shape index (κ1) is 12.5. The van der Waals surface area contributed by atoms with Crippen LogP contribution in [0.5, 0.6) is 0 Å². The molecule has 0 bridgehead atoms. The maximum Gasteiger partial charge on any atom is 0.330 e. The second-order valence-electron chi connectivity index (χ2n) is 3.22. The molecule has 0 N–H and O–H groups in total. The quantitative estimate of drug-likeness (QED) is 0.400. The number of esters is 1. The highest BCUT2D eigenvalue weighted by Crippen LogP contribution is 1.99. The number of carbonyl (C=O) groups is 1. The predicted molar refractivity (Wildman–Crippen MR) is 62.1 cm³/mol. The average Bonchev–Trinajstić information content (AvgIpc) is 2.34. The number of hydrogen-bond donors (Lipinski definition) is 0. The van der Waals surface area contributed by atoms with Crippen LogP contribution < -0.4 is 0 Å². The van der Waals surface area contributed by atoms with Crippen molar-refractivity contribution in [3.63, 3.8) is 0 Å². The van der Waals surface area contributed by atoms with Gasteiger partial charge in [-0.2, -0.15) is 0 Å². The summed E-state index contributed by atoms with van der Waals surface area (Å²) in [4.78, 5) is 10.7. The summed E-state index contributed by atoms with van der Waals surface area (Å²) in [5.41, 5.74) is 1.24. The summed E-state index contributed by atoms with van der Waals surface area (Å²) in [5, 5.41) is 0. The SMILES string of the molecule is C=CC(=O)OCCOCCc1ccccc1. The second-order valence-corrected chi connectivity index (χ2v) is 3.22. The summed E-state index contributed by atoms with van der Waals surface area (Å²) in [6.45, 7) is 4.64. The normalized spacial score (nSPS) is 9.75. The van der Waals surface area contributed by atoms with Gasteiger partial charge in [0.1, 0.15) is 6.61 Å². The zero-order chi connectivity index (χ0) is 11.6. The van der Waals surface area contributed by atoms with Gasteiger partial charge in [-0.15, -0.1) is 0 Å². The summed E-state index contributed by atoms with van der Waals surface area (Å²) >= 11 is 0. The molecule has 0 fully saturated rings. The van der Waals surface area contributed by atoms with Crippen molar-refractivity contribution < 1.29 is 14.3 Å². The molecule has 0 heterocycles. The molecule has 0 atom stereocenters. The van der Waals surface area contributed by atoms with Crippen molar-refractivity contribution in [3.8, 4) is 0 Å². The van der Waals surface area contributed by atoms with Gasteiger partial charge in [-0.1, -0.05) is 36.9 Å². The van der Waals surface area contributed by atoms with E-state index < -0.39 is 5.97 Å². The van der Waals surface area contributed by atoms with Crippen LogP contribution in [0.1, 0.15) is 5.56 Å². The fourth-order valence-electron chi connectivity index (χ4n) is 1.20. The summed E-state index contributed by atoms with van der Waals surface area (Å²) in [5.74, 6) is -0.411. The lowest BCUT2D eigenvalue weighted by molar-refractivity contribution is -0.139. The van der Waals surface area contributed by atoms with Gasteiger partial charge < -0.3 is 9.47 Å². The number of ether oxygens (including phenoxy) is 2. The summed E-state index contributed by atoms with van der Waals surface area (Å²) in [7, 11) is 0. The summed E-state index contributed by atoms with van der Waals surface area (Å²) in [6.07, 6.45) is 2.01. The van der Waals surface area contributed by atoms with E-state index in [2.05, 4.69) is 18.7 Å². The molecule has 0 aliphatic rings. The third kappa shape index (κ3) is 5.32. The van der Waals surface area contributed by atoms with E-state index in [1.54, 1.807) is 0 Å². The fraction of sp³-hybridized carbons (Fsp3) is 0.308. The van der Waals surface area contributed by atoms with Crippen LogP contribution in [-0.4, -0.2) is 25.8 Å². The minimum Gasteiger partial charge on any atom is -0.460 e. The Morgan fingerprint density at radius 1 is 1.19 bits per heavy atom. The molecule has 0 aromatic heterocycles. The highest BCUT2D eigenvalue weighted by atomic mass is 16.6. The van der Waals surface area contributed by atoms with Gasteiger partial charge in [0.25, 0.3) is 0 Å². The molecule has 1 aromatic carbocycles. The molecule has 0 spiro atoms. The molecule has 0 aliphatic heterocycles. The zero-order valence-electron chi connectivity index (χ0n) is 9.22. The molecule has 0 radical (unpaired) electrons. The molecule has 86 valence electrons. The molecule has 0 amide bonds. The molecule has 1 rings (SSSR count). The van der Waals surface area contributed by atoms with E-state index in [9.17, 15) is 4.79 Å². The maximum absolute atomic E-state index is 10.7. The van der Waals surface area contributed by atoms with Gasteiger partial charge in [-0.3, -0.25) is 0 Å². The molecule has 0 aliphatic carbocycles. The lowest BCUT2D eigenvalue weighted by Crippen LogP contribution is -2.09. The van der Waals surface area contributed by atoms with E-state index in [4.69, 9.17) is 9.47 Å². The Balaban J connectivity index is 2.00. The van der Waals surface area contributed by atoms with E-state index in [0.717, 1.165) is 12.5 Å². The van der Waals surface area contributed by atoms with Crippen molar-refractivity contribution in [2.24, 2.45) is 0 Å². The monoisotopic (exact) mass is 220 g/mol. The van der Waals surface area contributed by atoms with E-state index in [0.29, 0.717) is 13.2 Å². The molecular weight excluding hydrogens is 204 g/mol. The van der Waals surface area contributed by atoms with Crippen LogP contribution in [0.2, 0.25) is 0 Å².